The van der Waals surface area contributed by atoms with Crippen LogP contribution in [0, 0.1) is 6.92 Å². The maximum atomic E-state index is 12.2. The summed E-state index contributed by atoms with van der Waals surface area (Å²) in [5, 5.41) is 6.65. The van der Waals surface area contributed by atoms with Crippen LogP contribution in [0.1, 0.15) is 30.0 Å². The van der Waals surface area contributed by atoms with Crippen LogP contribution in [-0.4, -0.2) is 11.6 Å². The molecule has 3 aromatic rings. The van der Waals surface area contributed by atoms with E-state index in [1.807, 2.05) is 38.1 Å². The van der Waals surface area contributed by atoms with E-state index in [2.05, 4.69) is 72.7 Å². The smallest absolute Gasteiger partial charge is 0.240 e. The van der Waals surface area contributed by atoms with Crippen molar-refractivity contribution in [2.45, 2.75) is 26.7 Å². The van der Waals surface area contributed by atoms with Gasteiger partial charge >= 0.3 is 0 Å². The van der Waals surface area contributed by atoms with Crippen LogP contribution in [0.15, 0.2) is 68.6 Å². The number of fused-ring (bicyclic) bond motifs is 1. The van der Waals surface area contributed by atoms with Crippen molar-refractivity contribution in [3.63, 3.8) is 0 Å². The van der Waals surface area contributed by atoms with Crippen molar-refractivity contribution in [3.8, 4) is 0 Å². The number of aryl methyl sites for hydroxylation is 1. The van der Waals surface area contributed by atoms with Crippen LogP contribution in [0.25, 0.3) is 10.8 Å². The monoisotopic (exact) mass is 486 g/mol. The Kier molecular flexibility index (Phi) is 6.45. The number of halogens is 2. The Bertz CT molecular complexity index is 1000. The molecule has 0 aliphatic rings. The number of rotatable bonds is 5. The molecule has 1 N–H and O–H groups in total. The van der Waals surface area contributed by atoms with Gasteiger partial charge in [0.15, 0.2) is 0 Å². The van der Waals surface area contributed by atoms with E-state index in [0.717, 1.165) is 31.3 Å². The molecular formula is C22H20Br2N2O. The summed E-state index contributed by atoms with van der Waals surface area (Å²) in [6.45, 7) is 3.91. The summed E-state index contributed by atoms with van der Waals surface area (Å²) in [6.07, 6.45) is 1.09. The number of hydrazone groups is 1. The number of amides is 1. The zero-order chi connectivity index (χ0) is 19.4. The van der Waals surface area contributed by atoms with E-state index in [1.165, 1.54) is 10.8 Å². The molecule has 0 radical (unpaired) electrons. The van der Waals surface area contributed by atoms with Gasteiger partial charge in [-0.05, 0) is 59.9 Å². The van der Waals surface area contributed by atoms with Crippen LogP contribution >= 0.6 is 31.9 Å². The molecule has 3 nitrogen and oxygen atoms in total. The van der Waals surface area contributed by atoms with E-state index >= 15 is 0 Å². The highest BCUT2D eigenvalue weighted by Crippen LogP contribution is 2.26. The molecule has 0 fully saturated rings. The minimum absolute atomic E-state index is 0.0900. The highest BCUT2D eigenvalue weighted by atomic mass is 79.9. The molecule has 0 saturated carbocycles. The van der Waals surface area contributed by atoms with Crippen molar-refractivity contribution in [1.82, 2.24) is 5.43 Å². The molecule has 0 unspecified atom stereocenters. The fourth-order valence-corrected chi connectivity index (χ4v) is 3.96. The quantitative estimate of drug-likeness (QED) is 0.340. The lowest BCUT2D eigenvalue weighted by Gasteiger charge is -2.07. The Labute approximate surface area is 176 Å². The molecule has 0 aromatic heterocycles. The summed E-state index contributed by atoms with van der Waals surface area (Å²) in [4.78, 5) is 12.2. The predicted molar refractivity (Wildman–Crippen MR) is 119 cm³/mol. The lowest BCUT2D eigenvalue weighted by atomic mass is 10.0. The standard InChI is InChI=1S/C22H20Br2N2O/c1-14-20(23)12-19(13-21(14)24)15(2)25-26-22(27)10-8-16-7-9-17-5-3-4-6-18(17)11-16/h3-7,9,11-13H,8,10H2,1-2H3,(H,26,27)/b25-15+. The van der Waals surface area contributed by atoms with E-state index in [9.17, 15) is 4.79 Å². The number of benzene rings is 3. The number of nitrogens with one attached hydrogen (secondary N) is 1. The Morgan fingerprint density at radius 3 is 2.37 bits per heavy atom. The topological polar surface area (TPSA) is 41.5 Å². The van der Waals surface area contributed by atoms with E-state index in [4.69, 9.17) is 0 Å². The molecule has 0 bridgehead atoms. The third-order valence-electron chi connectivity index (χ3n) is 4.50. The fourth-order valence-electron chi connectivity index (χ4n) is 2.77. The molecule has 27 heavy (non-hydrogen) atoms. The van der Waals surface area contributed by atoms with Crippen LogP contribution in [0.2, 0.25) is 0 Å². The van der Waals surface area contributed by atoms with E-state index in [-0.39, 0.29) is 5.91 Å². The van der Waals surface area contributed by atoms with E-state index in [0.29, 0.717) is 12.8 Å². The second-order valence-corrected chi connectivity index (χ2v) is 8.19. The average Bonchev–Trinajstić information content (AvgIpc) is 2.68. The lowest BCUT2D eigenvalue weighted by molar-refractivity contribution is -0.121. The summed E-state index contributed by atoms with van der Waals surface area (Å²) < 4.78 is 2.01. The van der Waals surface area contributed by atoms with Crippen LogP contribution in [-0.2, 0) is 11.2 Å². The average molecular weight is 488 g/mol. The third kappa shape index (κ3) is 5.05. The van der Waals surface area contributed by atoms with Gasteiger partial charge < -0.3 is 0 Å². The van der Waals surface area contributed by atoms with Crippen molar-refractivity contribution in [1.29, 1.82) is 0 Å². The van der Waals surface area contributed by atoms with Gasteiger partial charge in [-0.2, -0.15) is 5.10 Å². The zero-order valence-electron chi connectivity index (χ0n) is 15.2. The Balaban J connectivity index is 1.60. The Morgan fingerprint density at radius 2 is 1.67 bits per heavy atom. The summed E-state index contributed by atoms with van der Waals surface area (Å²) in [6, 6.07) is 18.5. The SMILES string of the molecule is C/C(=N\NC(=O)CCc1ccc2ccccc2c1)c1cc(Br)c(C)c(Br)c1. The molecule has 3 aromatic carbocycles. The van der Waals surface area contributed by atoms with Crippen molar-refractivity contribution in [2.24, 2.45) is 5.10 Å². The second kappa shape index (κ2) is 8.81. The maximum Gasteiger partial charge on any atom is 0.240 e. The van der Waals surface area contributed by atoms with Gasteiger partial charge in [-0.1, -0.05) is 74.3 Å². The third-order valence-corrected chi connectivity index (χ3v) is 6.15. The van der Waals surface area contributed by atoms with Crippen LogP contribution in [0.5, 0.6) is 0 Å². The summed E-state index contributed by atoms with van der Waals surface area (Å²) in [7, 11) is 0. The van der Waals surface area contributed by atoms with Crippen molar-refractivity contribution < 1.29 is 4.79 Å². The first-order valence-electron chi connectivity index (χ1n) is 8.71. The largest absolute Gasteiger partial charge is 0.273 e. The predicted octanol–water partition coefficient (Wildman–Crippen LogP) is 6.15. The van der Waals surface area contributed by atoms with Gasteiger partial charge in [0, 0.05) is 15.4 Å². The molecule has 3 rings (SSSR count). The number of nitrogens with zero attached hydrogens (tertiary/aromatic N) is 1. The van der Waals surface area contributed by atoms with Crippen molar-refractivity contribution >= 4 is 54.3 Å². The first-order valence-corrected chi connectivity index (χ1v) is 10.3. The van der Waals surface area contributed by atoms with Gasteiger partial charge in [0.25, 0.3) is 0 Å². The molecule has 0 aliphatic heterocycles. The van der Waals surface area contributed by atoms with E-state index < -0.39 is 0 Å². The first kappa shape index (κ1) is 19.8. The molecule has 5 heteroatoms. The number of hydrogen-bond acceptors (Lipinski definition) is 2. The molecule has 0 aliphatic carbocycles. The lowest BCUT2D eigenvalue weighted by Crippen LogP contribution is -2.19. The normalized spacial score (nSPS) is 11.6. The molecular weight excluding hydrogens is 468 g/mol. The minimum Gasteiger partial charge on any atom is -0.273 e. The molecule has 0 heterocycles. The van der Waals surface area contributed by atoms with Gasteiger partial charge in [-0.15, -0.1) is 0 Å². The number of carbonyl (C=O) groups excluding carboxylic acids is 1. The Morgan fingerprint density at radius 1 is 1.00 bits per heavy atom. The zero-order valence-corrected chi connectivity index (χ0v) is 18.4. The molecule has 0 spiro atoms. The molecule has 0 atom stereocenters. The molecule has 1 amide bonds. The number of carbonyl (C=O) groups is 1. The van der Waals surface area contributed by atoms with Crippen LogP contribution in [0.3, 0.4) is 0 Å². The summed E-state index contributed by atoms with van der Waals surface area (Å²) in [5.74, 6) is -0.0900. The molecule has 138 valence electrons. The van der Waals surface area contributed by atoms with Crippen LogP contribution in [0.4, 0.5) is 0 Å². The van der Waals surface area contributed by atoms with Crippen molar-refractivity contribution in [3.05, 3.63) is 80.2 Å². The Hall–Kier alpha value is -1.98. The van der Waals surface area contributed by atoms with Crippen LogP contribution < -0.4 is 5.43 Å². The highest BCUT2D eigenvalue weighted by Gasteiger charge is 2.07. The van der Waals surface area contributed by atoms with Gasteiger partial charge in [0.1, 0.15) is 0 Å². The summed E-state index contributed by atoms with van der Waals surface area (Å²) >= 11 is 7.08. The highest BCUT2D eigenvalue weighted by molar-refractivity contribution is 9.11. The minimum atomic E-state index is -0.0900. The molecule has 0 saturated heterocycles. The van der Waals surface area contributed by atoms with Crippen molar-refractivity contribution in [2.75, 3.05) is 0 Å². The number of hydrogen-bond donors (Lipinski definition) is 1. The van der Waals surface area contributed by atoms with Gasteiger partial charge in [-0.25, -0.2) is 5.43 Å². The maximum absolute atomic E-state index is 12.2. The second-order valence-electron chi connectivity index (χ2n) is 6.48. The fraction of sp³-hybridized carbons (Fsp3) is 0.182. The van der Waals surface area contributed by atoms with Gasteiger partial charge in [0.05, 0.1) is 5.71 Å². The van der Waals surface area contributed by atoms with Gasteiger partial charge in [-0.3, -0.25) is 4.79 Å². The first-order chi connectivity index (χ1) is 12.9. The summed E-state index contributed by atoms with van der Waals surface area (Å²) in [5.41, 5.74) is 6.65. The van der Waals surface area contributed by atoms with Gasteiger partial charge in [0.2, 0.25) is 5.91 Å². The van der Waals surface area contributed by atoms with E-state index in [1.54, 1.807) is 0 Å².